The van der Waals surface area contributed by atoms with Crippen molar-refractivity contribution >= 4 is 28.2 Å². The summed E-state index contributed by atoms with van der Waals surface area (Å²) in [5.41, 5.74) is 0. The van der Waals surface area contributed by atoms with Crippen molar-refractivity contribution in [1.82, 2.24) is 4.98 Å². The maximum absolute atomic E-state index is 11.6. The molecule has 0 saturated heterocycles. The van der Waals surface area contributed by atoms with E-state index in [4.69, 9.17) is 4.74 Å². The average molecular weight is 254 g/mol. The Kier molecular flexibility index (Phi) is 4.99. The van der Waals surface area contributed by atoms with E-state index in [1.165, 1.54) is 13.1 Å². The zero-order valence-corrected chi connectivity index (χ0v) is 10.5. The van der Waals surface area contributed by atoms with Gasteiger partial charge in [-0.1, -0.05) is 17.4 Å². The second kappa shape index (κ2) is 6.27. The summed E-state index contributed by atoms with van der Waals surface area (Å²) in [7, 11) is 0. The molecule has 0 radical (unpaired) electrons. The number of anilines is 1. The second-order valence-electron chi connectivity index (χ2n) is 3.34. The number of aromatic nitrogens is 1. The molecule has 0 aliphatic carbocycles. The molecule has 92 valence electrons. The molecule has 1 amide bonds. The summed E-state index contributed by atoms with van der Waals surface area (Å²) in [6.45, 7) is 6.90. The molecule has 1 N–H and O–H groups in total. The molecule has 0 aromatic carbocycles. The highest BCUT2D eigenvalue weighted by Crippen LogP contribution is 2.18. The van der Waals surface area contributed by atoms with Gasteiger partial charge in [0, 0.05) is 6.92 Å². The Labute approximate surface area is 104 Å². The molecule has 0 aliphatic heterocycles. The molecule has 0 saturated carbocycles. The normalized spacial score (nSPS) is 11.9. The van der Waals surface area contributed by atoms with Crippen molar-refractivity contribution in [2.75, 3.05) is 11.9 Å². The van der Waals surface area contributed by atoms with Crippen LogP contribution in [0.2, 0.25) is 0 Å². The van der Waals surface area contributed by atoms with Crippen LogP contribution in [0, 0.1) is 0 Å². The van der Waals surface area contributed by atoms with Crippen molar-refractivity contribution in [3.8, 4) is 0 Å². The second-order valence-corrected chi connectivity index (χ2v) is 4.37. The van der Waals surface area contributed by atoms with Crippen molar-refractivity contribution in [3.63, 3.8) is 0 Å². The van der Waals surface area contributed by atoms with Crippen LogP contribution in [-0.2, 0) is 9.53 Å². The summed E-state index contributed by atoms with van der Waals surface area (Å²) < 4.78 is 5.16. The van der Waals surface area contributed by atoms with Crippen LogP contribution >= 0.6 is 11.3 Å². The predicted octanol–water partition coefficient (Wildman–Crippen LogP) is 1.88. The van der Waals surface area contributed by atoms with Crippen molar-refractivity contribution < 1.29 is 14.3 Å². The highest BCUT2D eigenvalue weighted by molar-refractivity contribution is 7.17. The maximum Gasteiger partial charge on any atom is 0.255 e. The van der Waals surface area contributed by atoms with Gasteiger partial charge in [-0.15, -0.1) is 6.58 Å². The number of nitrogens with zero attached hydrogens (tertiary/aromatic N) is 1. The van der Waals surface area contributed by atoms with Gasteiger partial charge in [-0.2, -0.15) is 0 Å². The minimum atomic E-state index is -0.585. The molecule has 1 aromatic rings. The van der Waals surface area contributed by atoms with Crippen LogP contribution < -0.4 is 5.32 Å². The summed E-state index contributed by atoms with van der Waals surface area (Å²) in [5.74, 6) is -0.366. The van der Waals surface area contributed by atoms with E-state index in [-0.39, 0.29) is 11.7 Å². The van der Waals surface area contributed by atoms with Gasteiger partial charge in [0.05, 0.1) is 17.7 Å². The Balaban J connectivity index is 2.55. The first kappa shape index (κ1) is 13.5. The van der Waals surface area contributed by atoms with Crippen LogP contribution in [-0.4, -0.2) is 29.4 Å². The largest absolute Gasteiger partial charge is 0.365 e. The number of hydrogen-bond acceptors (Lipinski definition) is 5. The molecular weight excluding hydrogens is 240 g/mol. The van der Waals surface area contributed by atoms with Crippen LogP contribution in [0.3, 0.4) is 0 Å². The van der Waals surface area contributed by atoms with Crippen LogP contribution in [0.4, 0.5) is 5.13 Å². The first-order valence-corrected chi connectivity index (χ1v) is 5.86. The number of nitrogens with one attached hydrogen (secondary N) is 1. The third-order valence-corrected chi connectivity index (χ3v) is 2.93. The molecular formula is C11H14N2O3S. The Morgan fingerprint density at radius 2 is 2.41 bits per heavy atom. The van der Waals surface area contributed by atoms with Gasteiger partial charge in [0.2, 0.25) is 0 Å². The summed E-state index contributed by atoms with van der Waals surface area (Å²) in [5, 5.41) is 2.98. The fraction of sp³-hybridized carbons (Fsp3) is 0.364. The van der Waals surface area contributed by atoms with Gasteiger partial charge < -0.3 is 4.74 Å². The zero-order chi connectivity index (χ0) is 12.8. The summed E-state index contributed by atoms with van der Waals surface area (Å²) >= 11 is 1.14. The minimum absolute atomic E-state index is 0.0704. The number of carbonyl (C=O) groups excluding carboxylic acids is 2. The third kappa shape index (κ3) is 4.08. The van der Waals surface area contributed by atoms with Crippen LogP contribution in [0.25, 0.3) is 0 Å². The van der Waals surface area contributed by atoms with Crippen molar-refractivity contribution in [1.29, 1.82) is 0 Å². The van der Waals surface area contributed by atoms with E-state index in [0.29, 0.717) is 16.6 Å². The molecule has 5 nitrogen and oxygen atoms in total. The Morgan fingerprint density at radius 1 is 1.71 bits per heavy atom. The molecule has 17 heavy (non-hydrogen) atoms. The highest BCUT2D eigenvalue weighted by atomic mass is 32.1. The van der Waals surface area contributed by atoms with Gasteiger partial charge in [-0.3, -0.25) is 14.9 Å². The fourth-order valence-corrected chi connectivity index (χ4v) is 1.70. The summed E-state index contributed by atoms with van der Waals surface area (Å²) in [6.07, 6.45) is 2.43. The monoisotopic (exact) mass is 254 g/mol. The number of hydrogen-bond donors (Lipinski definition) is 1. The Bertz CT molecular complexity index is 428. The van der Waals surface area contributed by atoms with E-state index in [2.05, 4.69) is 16.9 Å². The van der Waals surface area contributed by atoms with Gasteiger partial charge in [-0.25, -0.2) is 4.98 Å². The first-order valence-electron chi connectivity index (χ1n) is 5.04. The smallest absolute Gasteiger partial charge is 0.255 e. The number of thiazole rings is 1. The molecule has 0 aliphatic rings. The lowest BCUT2D eigenvalue weighted by atomic mass is 10.4. The first-order chi connectivity index (χ1) is 8.04. The van der Waals surface area contributed by atoms with Crippen molar-refractivity contribution in [2.45, 2.75) is 20.0 Å². The average Bonchev–Trinajstić information content (AvgIpc) is 2.74. The lowest BCUT2D eigenvalue weighted by Crippen LogP contribution is -2.27. The van der Waals surface area contributed by atoms with Gasteiger partial charge in [0.25, 0.3) is 5.91 Å². The van der Waals surface area contributed by atoms with E-state index < -0.39 is 6.10 Å². The number of amides is 1. The predicted molar refractivity (Wildman–Crippen MR) is 66.4 cm³/mol. The fourth-order valence-electron chi connectivity index (χ4n) is 0.990. The number of ketones is 1. The Morgan fingerprint density at radius 3 is 2.94 bits per heavy atom. The van der Waals surface area contributed by atoms with E-state index in [9.17, 15) is 9.59 Å². The molecule has 1 rings (SSSR count). The third-order valence-electron chi connectivity index (χ3n) is 1.92. The molecule has 6 heteroatoms. The molecule has 1 aromatic heterocycles. The summed E-state index contributed by atoms with van der Waals surface area (Å²) in [6, 6.07) is 0. The van der Waals surface area contributed by atoms with Crippen LogP contribution in [0.15, 0.2) is 18.9 Å². The quantitative estimate of drug-likeness (QED) is 0.621. The molecule has 0 spiro atoms. The minimum Gasteiger partial charge on any atom is -0.365 e. The zero-order valence-electron chi connectivity index (χ0n) is 9.73. The van der Waals surface area contributed by atoms with Gasteiger partial charge in [0.1, 0.15) is 6.10 Å². The van der Waals surface area contributed by atoms with Crippen molar-refractivity contribution in [3.05, 3.63) is 23.7 Å². The number of Topliss-reactive ketones (excluding diaryl/α,β-unsaturated/α-hetero) is 1. The Hall–Kier alpha value is -1.53. The maximum atomic E-state index is 11.6. The van der Waals surface area contributed by atoms with E-state index in [0.717, 1.165) is 11.3 Å². The standard InChI is InChI=1S/C11H14N2O3S/c1-4-5-16-8(3)10(15)13-11-12-6-9(17-11)7(2)14/h4,6,8H,1,5H2,2-3H3,(H,12,13,15). The number of carbonyl (C=O) groups is 2. The lowest BCUT2D eigenvalue weighted by Gasteiger charge is -2.09. The molecule has 1 heterocycles. The van der Waals surface area contributed by atoms with Crippen LogP contribution in [0.5, 0.6) is 0 Å². The van der Waals surface area contributed by atoms with Gasteiger partial charge in [0.15, 0.2) is 10.9 Å². The van der Waals surface area contributed by atoms with Crippen molar-refractivity contribution in [2.24, 2.45) is 0 Å². The van der Waals surface area contributed by atoms with E-state index in [1.54, 1.807) is 13.0 Å². The molecule has 0 fully saturated rings. The molecule has 1 atom stereocenters. The molecule has 1 unspecified atom stereocenters. The lowest BCUT2D eigenvalue weighted by molar-refractivity contribution is -0.125. The number of ether oxygens (including phenoxy) is 1. The SMILES string of the molecule is C=CCOC(C)C(=O)Nc1ncc(C(C)=O)s1. The highest BCUT2D eigenvalue weighted by Gasteiger charge is 2.15. The van der Waals surface area contributed by atoms with E-state index in [1.807, 2.05) is 0 Å². The van der Waals surface area contributed by atoms with Gasteiger partial charge in [-0.05, 0) is 6.92 Å². The molecule has 0 bridgehead atoms. The van der Waals surface area contributed by atoms with Gasteiger partial charge >= 0.3 is 0 Å². The van der Waals surface area contributed by atoms with E-state index >= 15 is 0 Å². The number of rotatable bonds is 6. The van der Waals surface area contributed by atoms with Crippen LogP contribution in [0.1, 0.15) is 23.5 Å². The topological polar surface area (TPSA) is 68.3 Å². The summed E-state index contributed by atoms with van der Waals surface area (Å²) in [4.78, 5) is 27.1.